The van der Waals surface area contributed by atoms with E-state index in [1.54, 1.807) is 0 Å². The molecule has 3 heterocycles. The van der Waals surface area contributed by atoms with E-state index in [0.29, 0.717) is 36.1 Å². The second-order valence-corrected chi connectivity index (χ2v) is 8.12. The Bertz CT molecular complexity index is 688. The van der Waals surface area contributed by atoms with E-state index in [2.05, 4.69) is 16.8 Å². The van der Waals surface area contributed by atoms with Crippen LogP contribution in [0.1, 0.15) is 61.9 Å². The van der Waals surface area contributed by atoms with Crippen LogP contribution in [0, 0.1) is 0 Å². The van der Waals surface area contributed by atoms with Crippen molar-refractivity contribution < 1.29 is 9.53 Å². The van der Waals surface area contributed by atoms with Crippen molar-refractivity contribution in [2.75, 3.05) is 12.8 Å². The third-order valence-electron chi connectivity index (χ3n) is 6.17. The van der Waals surface area contributed by atoms with E-state index in [1.165, 1.54) is 25.7 Å². The number of amides is 1. The first-order chi connectivity index (χ1) is 12.0. The standard InChI is InChI=1S/C20H29N3O2/c1-12(2)25-19-8-13-11-23(20(24)15(13)10-16(19)21)18-9-14-6-4-5-7-17(18)22(14)3/h8,10,12,14,17-18H,4-7,9,11,21H2,1-3H3/t14?,17-,18+/m0/s1. The molecule has 3 aliphatic heterocycles. The summed E-state index contributed by atoms with van der Waals surface area (Å²) in [5.74, 6) is 0.838. The van der Waals surface area contributed by atoms with Crippen molar-refractivity contribution in [3.05, 3.63) is 23.3 Å². The molecule has 3 atom stereocenters. The second-order valence-electron chi connectivity index (χ2n) is 8.12. The van der Waals surface area contributed by atoms with Crippen molar-refractivity contribution in [2.45, 2.75) is 76.7 Å². The van der Waals surface area contributed by atoms with Crippen LogP contribution < -0.4 is 10.5 Å². The SMILES string of the molecule is CC(C)Oc1cc2c(cc1N)C(=O)N([C@@H]1CC3CCCC[C@@H]1N3C)C2. The summed E-state index contributed by atoms with van der Waals surface area (Å²) >= 11 is 0. The fraction of sp³-hybridized carbons (Fsp3) is 0.650. The number of likely N-dealkylation sites (N-methyl/N-ethyl adjacent to an activating group) is 1. The number of nitrogens with zero attached hydrogens (tertiary/aromatic N) is 2. The quantitative estimate of drug-likeness (QED) is 0.857. The van der Waals surface area contributed by atoms with Crippen LogP contribution >= 0.6 is 0 Å². The fourth-order valence-electron chi connectivity index (χ4n) is 4.93. The number of hydrogen-bond acceptors (Lipinski definition) is 4. The van der Waals surface area contributed by atoms with Gasteiger partial charge in [0.15, 0.2) is 0 Å². The Hall–Kier alpha value is -1.75. The average Bonchev–Trinajstić information content (AvgIpc) is 2.92. The normalized spacial score (nSPS) is 29.2. The Morgan fingerprint density at radius 1 is 1.20 bits per heavy atom. The van der Waals surface area contributed by atoms with Gasteiger partial charge < -0.3 is 15.4 Å². The van der Waals surface area contributed by atoms with E-state index in [9.17, 15) is 4.79 Å². The highest BCUT2D eigenvalue weighted by Crippen LogP contribution is 2.40. The van der Waals surface area contributed by atoms with Gasteiger partial charge in [0.1, 0.15) is 5.75 Å². The molecule has 136 valence electrons. The minimum atomic E-state index is 0.0695. The number of ether oxygens (including phenoxy) is 1. The molecule has 5 nitrogen and oxygen atoms in total. The lowest BCUT2D eigenvalue weighted by Crippen LogP contribution is -2.44. The summed E-state index contributed by atoms with van der Waals surface area (Å²) < 4.78 is 5.81. The molecule has 0 aliphatic carbocycles. The number of carbonyl (C=O) groups excluding carboxylic acids is 1. The number of fused-ring (bicyclic) bond motifs is 3. The molecule has 2 saturated heterocycles. The molecule has 2 N–H and O–H groups in total. The number of anilines is 1. The van der Waals surface area contributed by atoms with Crippen LogP contribution in [0.3, 0.4) is 0 Å². The summed E-state index contributed by atoms with van der Waals surface area (Å²) in [5, 5.41) is 0. The summed E-state index contributed by atoms with van der Waals surface area (Å²) in [6.07, 6.45) is 6.22. The molecule has 5 heteroatoms. The molecule has 0 aromatic heterocycles. The third-order valence-corrected chi connectivity index (χ3v) is 6.17. The van der Waals surface area contributed by atoms with E-state index in [0.717, 1.165) is 17.5 Å². The number of hydrogen-bond donors (Lipinski definition) is 1. The van der Waals surface area contributed by atoms with Crippen LogP contribution in [-0.2, 0) is 6.54 Å². The van der Waals surface area contributed by atoms with Crippen LogP contribution in [0.5, 0.6) is 5.75 Å². The third kappa shape index (κ3) is 2.78. The van der Waals surface area contributed by atoms with Gasteiger partial charge in [-0.3, -0.25) is 9.69 Å². The molecule has 1 aromatic rings. The van der Waals surface area contributed by atoms with Crippen molar-refractivity contribution >= 4 is 11.6 Å². The summed E-state index contributed by atoms with van der Waals surface area (Å²) in [6, 6.07) is 5.23. The van der Waals surface area contributed by atoms with E-state index in [1.807, 2.05) is 26.0 Å². The summed E-state index contributed by atoms with van der Waals surface area (Å²) in [4.78, 5) is 17.7. The molecule has 1 aromatic carbocycles. The van der Waals surface area contributed by atoms with Crippen LogP contribution in [0.4, 0.5) is 5.69 Å². The first-order valence-electron chi connectivity index (χ1n) is 9.57. The van der Waals surface area contributed by atoms with Crippen molar-refractivity contribution in [1.82, 2.24) is 9.80 Å². The average molecular weight is 343 g/mol. The molecule has 4 rings (SSSR count). The maximum atomic E-state index is 13.1. The molecule has 2 bridgehead atoms. The molecule has 1 unspecified atom stereocenters. The van der Waals surface area contributed by atoms with Gasteiger partial charge in [0.25, 0.3) is 5.91 Å². The molecule has 0 saturated carbocycles. The van der Waals surface area contributed by atoms with Crippen LogP contribution in [0.25, 0.3) is 0 Å². The maximum Gasteiger partial charge on any atom is 0.254 e. The lowest BCUT2D eigenvalue weighted by atomic mass is 9.95. The van der Waals surface area contributed by atoms with E-state index in [4.69, 9.17) is 10.5 Å². The number of rotatable bonds is 3. The van der Waals surface area contributed by atoms with Gasteiger partial charge in [0, 0.05) is 30.2 Å². The zero-order chi connectivity index (χ0) is 17.7. The van der Waals surface area contributed by atoms with Gasteiger partial charge in [-0.1, -0.05) is 12.8 Å². The predicted molar refractivity (Wildman–Crippen MR) is 98.7 cm³/mol. The molecule has 1 amide bonds. The Kier molecular flexibility index (Phi) is 4.14. The monoisotopic (exact) mass is 343 g/mol. The predicted octanol–water partition coefficient (Wildman–Crippen LogP) is 3.03. The van der Waals surface area contributed by atoms with Gasteiger partial charge in [-0.15, -0.1) is 0 Å². The number of nitrogens with two attached hydrogens (primary N) is 1. The summed E-state index contributed by atoms with van der Waals surface area (Å²) in [7, 11) is 2.24. The zero-order valence-electron chi connectivity index (χ0n) is 15.5. The van der Waals surface area contributed by atoms with Crippen LogP contribution in [0.2, 0.25) is 0 Å². The summed E-state index contributed by atoms with van der Waals surface area (Å²) in [6.45, 7) is 4.66. The lowest BCUT2D eigenvalue weighted by molar-refractivity contribution is 0.0655. The van der Waals surface area contributed by atoms with Gasteiger partial charge in [0.05, 0.1) is 11.8 Å². The molecule has 25 heavy (non-hydrogen) atoms. The Morgan fingerprint density at radius 3 is 2.72 bits per heavy atom. The number of benzene rings is 1. The van der Waals surface area contributed by atoms with Crippen molar-refractivity contribution in [3.63, 3.8) is 0 Å². The van der Waals surface area contributed by atoms with Gasteiger partial charge in [-0.25, -0.2) is 0 Å². The van der Waals surface area contributed by atoms with Gasteiger partial charge in [-0.05, 0) is 57.9 Å². The highest BCUT2D eigenvalue weighted by molar-refractivity contribution is 6.00. The topological polar surface area (TPSA) is 58.8 Å². The second kappa shape index (κ2) is 6.20. The van der Waals surface area contributed by atoms with E-state index < -0.39 is 0 Å². The largest absolute Gasteiger partial charge is 0.489 e. The zero-order valence-corrected chi connectivity index (χ0v) is 15.5. The maximum absolute atomic E-state index is 13.1. The minimum Gasteiger partial charge on any atom is -0.489 e. The smallest absolute Gasteiger partial charge is 0.254 e. The molecular weight excluding hydrogens is 314 g/mol. The minimum absolute atomic E-state index is 0.0695. The number of carbonyl (C=O) groups is 1. The Balaban J connectivity index is 1.60. The Labute approximate surface area is 150 Å². The van der Waals surface area contributed by atoms with Gasteiger partial charge in [-0.2, -0.15) is 0 Å². The van der Waals surface area contributed by atoms with Crippen molar-refractivity contribution in [2.24, 2.45) is 0 Å². The van der Waals surface area contributed by atoms with Crippen molar-refractivity contribution in [1.29, 1.82) is 0 Å². The fourth-order valence-corrected chi connectivity index (χ4v) is 4.93. The lowest BCUT2D eigenvalue weighted by Gasteiger charge is -2.31. The molecule has 3 aliphatic rings. The highest BCUT2D eigenvalue weighted by atomic mass is 16.5. The van der Waals surface area contributed by atoms with E-state index >= 15 is 0 Å². The van der Waals surface area contributed by atoms with Gasteiger partial charge >= 0.3 is 0 Å². The van der Waals surface area contributed by atoms with Crippen LogP contribution in [-0.4, -0.2) is 47.0 Å². The van der Waals surface area contributed by atoms with Crippen LogP contribution in [0.15, 0.2) is 12.1 Å². The Morgan fingerprint density at radius 2 is 1.96 bits per heavy atom. The molecular formula is C20H29N3O2. The number of nitrogen functional groups attached to an aromatic ring is 1. The summed E-state index contributed by atoms with van der Waals surface area (Å²) in [5.41, 5.74) is 8.50. The molecule has 0 spiro atoms. The van der Waals surface area contributed by atoms with Gasteiger partial charge in [0.2, 0.25) is 0 Å². The first kappa shape index (κ1) is 16.7. The highest BCUT2D eigenvalue weighted by Gasteiger charge is 2.46. The van der Waals surface area contributed by atoms with E-state index in [-0.39, 0.29) is 12.0 Å². The van der Waals surface area contributed by atoms with Crippen molar-refractivity contribution in [3.8, 4) is 5.75 Å². The molecule has 2 fully saturated rings. The molecule has 0 radical (unpaired) electrons. The first-order valence-corrected chi connectivity index (χ1v) is 9.57.